The van der Waals surface area contributed by atoms with Gasteiger partial charge in [-0.25, -0.2) is 0 Å². The molecule has 0 aromatic heterocycles. The molecule has 0 aliphatic carbocycles. The summed E-state index contributed by atoms with van der Waals surface area (Å²) in [5.41, 5.74) is 0.194. The van der Waals surface area contributed by atoms with E-state index in [9.17, 15) is 0 Å². The zero-order chi connectivity index (χ0) is 11.5. The fraction of sp³-hybridized carbons (Fsp3) is 0.273. The van der Waals surface area contributed by atoms with Gasteiger partial charge in [0.05, 0.1) is 0 Å². The molecule has 0 N–H and O–H groups in total. The SMILES string of the molecule is N#CC(C#N)=CCCCC=C(C#N)C#N. The van der Waals surface area contributed by atoms with Gasteiger partial charge >= 0.3 is 0 Å². The molecular weight excluding hydrogens is 188 g/mol. The van der Waals surface area contributed by atoms with E-state index in [0.717, 1.165) is 0 Å². The van der Waals surface area contributed by atoms with Crippen molar-refractivity contribution in [1.82, 2.24) is 0 Å². The van der Waals surface area contributed by atoms with Crippen molar-refractivity contribution in [2.45, 2.75) is 19.3 Å². The Kier molecular flexibility index (Phi) is 6.68. The average Bonchev–Trinajstić information content (AvgIpc) is 2.29. The van der Waals surface area contributed by atoms with Gasteiger partial charge in [0.1, 0.15) is 35.4 Å². The van der Waals surface area contributed by atoms with Crippen LogP contribution in [-0.4, -0.2) is 0 Å². The third-order valence-corrected chi connectivity index (χ3v) is 1.59. The number of nitrogens with zero attached hydrogens (tertiary/aromatic N) is 4. The van der Waals surface area contributed by atoms with E-state index in [1.54, 1.807) is 36.4 Å². The highest BCUT2D eigenvalue weighted by molar-refractivity contribution is 5.35. The monoisotopic (exact) mass is 196 g/mol. The van der Waals surface area contributed by atoms with Crippen LogP contribution in [0.15, 0.2) is 23.3 Å². The molecule has 0 rings (SSSR count). The summed E-state index contributed by atoms with van der Waals surface area (Å²) in [7, 11) is 0. The molecule has 0 aliphatic rings. The predicted octanol–water partition coefficient (Wildman–Crippen LogP) is 2.10. The number of unbranched alkanes of at least 4 members (excludes halogenated alkanes) is 2. The predicted molar refractivity (Wildman–Crippen MR) is 52.5 cm³/mol. The second kappa shape index (κ2) is 8.06. The molecule has 0 spiro atoms. The smallest absolute Gasteiger partial charge is 0.125 e. The van der Waals surface area contributed by atoms with Crippen LogP contribution in [0.2, 0.25) is 0 Å². The molecule has 0 aliphatic heterocycles. The maximum Gasteiger partial charge on any atom is 0.125 e. The lowest BCUT2D eigenvalue weighted by Gasteiger charge is -1.89. The Morgan fingerprint density at radius 3 is 1.33 bits per heavy atom. The average molecular weight is 196 g/mol. The summed E-state index contributed by atoms with van der Waals surface area (Å²) >= 11 is 0. The normalized spacial score (nSPS) is 7.20. The van der Waals surface area contributed by atoms with E-state index in [0.29, 0.717) is 19.3 Å². The molecule has 0 heterocycles. The van der Waals surface area contributed by atoms with Crippen molar-refractivity contribution in [2.75, 3.05) is 0 Å². The minimum absolute atomic E-state index is 0.0970. The highest BCUT2D eigenvalue weighted by Crippen LogP contribution is 2.03. The summed E-state index contributed by atoms with van der Waals surface area (Å²) < 4.78 is 0. The Morgan fingerprint density at radius 1 is 0.733 bits per heavy atom. The van der Waals surface area contributed by atoms with Gasteiger partial charge in [0, 0.05) is 0 Å². The Labute approximate surface area is 88.6 Å². The molecular formula is C11H8N4. The van der Waals surface area contributed by atoms with E-state index in [1.807, 2.05) is 0 Å². The number of allylic oxidation sites excluding steroid dienone is 4. The van der Waals surface area contributed by atoms with Crippen LogP contribution in [0.25, 0.3) is 0 Å². The summed E-state index contributed by atoms with van der Waals surface area (Å²) in [5, 5.41) is 33.6. The first kappa shape index (κ1) is 12.4. The molecule has 0 bridgehead atoms. The molecule has 4 heteroatoms. The van der Waals surface area contributed by atoms with E-state index in [-0.39, 0.29) is 11.1 Å². The zero-order valence-corrected chi connectivity index (χ0v) is 8.06. The molecule has 0 aromatic rings. The summed E-state index contributed by atoms with van der Waals surface area (Å²) in [6.45, 7) is 0. The molecule has 0 radical (unpaired) electrons. The van der Waals surface area contributed by atoms with Crippen LogP contribution in [0.5, 0.6) is 0 Å². The minimum Gasteiger partial charge on any atom is -0.192 e. The summed E-state index contributed by atoms with van der Waals surface area (Å²) in [6, 6.07) is 7.01. The van der Waals surface area contributed by atoms with Crippen LogP contribution in [0.1, 0.15) is 19.3 Å². The Morgan fingerprint density at radius 2 is 1.07 bits per heavy atom. The molecule has 0 atom stereocenters. The molecule has 4 nitrogen and oxygen atoms in total. The van der Waals surface area contributed by atoms with Crippen molar-refractivity contribution in [1.29, 1.82) is 21.0 Å². The van der Waals surface area contributed by atoms with E-state index in [2.05, 4.69) is 0 Å². The van der Waals surface area contributed by atoms with Crippen LogP contribution in [0, 0.1) is 45.3 Å². The Balaban J connectivity index is 3.96. The second-order valence-electron chi connectivity index (χ2n) is 2.61. The van der Waals surface area contributed by atoms with E-state index in [4.69, 9.17) is 21.0 Å². The van der Waals surface area contributed by atoms with Gasteiger partial charge in [-0.05, 0) is 19.3 Å². The molecule has 72 valence electrons. The number of hydrogen-bond donors (Lipinski definition) is 0. The molecule has 15 heavy (non-hydrogen) atoms. The Bertz CT molecular complexity index is 355. The van der Waals surface area contributed by atoms with Crippen LogP contribution in [-0.2, 0) is 0 Å². The van der Waals surface area contributed by atoms with Crippen molar-refractivity contribution in [3.8, 4) is 24.3 Å². The lowest BCUT2D eigenvalue weighted by Crippen LogP contribution is -1.76. The first-order valence-corrected chi connectivity index (χ1v) is 4.29. The zero-order valence-electron chi connectivity index (χ0n) is 8.06. The quantitative estimate of drug-likeness (QED) is 0.508. The standard InChI is InChI=1S/C11H8N4/c12-6-10(7-13)4-2-1-3-5-11(8-14)9-15/h4-5H,1-3H2. The van der Waals surface area contributed by atoms with Gasteiger partial charge < -0.3 is 0 Å². The van der Waals surface area contributed by atoms with E-state index in [1.165, 1.54) is 0 Å². The molecule has 0 fully saturated rings. The fourth-order valence-electron chi connectivity index (χ4n) is 0.843. The number of nitriles is 4. The molecule has 0 unspecified atom stereocenters. The minimum atomic E-state index is 0.0970. The van der Waals surface area contributed by atoms with Crippen molar-refractivity contribution >= 4 is 0 Å². The molecule has 0 amide bonds. The summed E-state index contributed by atoms with van der Waals surface area (Å²) in [5.74, 6) is 0. The lowest BCUT2D eigenvalue weighted by atomic mass is 10.1. The largest absolute Gasteiger partial charge is 0.192 e. The molecule has 0 saturated carbocycles. The van der Waals surface area contributed by atoms with Gasteiger partial charge in [0.25, 0.3) is 0 Å². The maximum absolute atomic E-state index is 8.41. The Hall–Kier alpha value is -2.56. The van der Waals surface area contributed by atoms with E-state index >= 15 is 0 Å². The second-order valence-corrected chi connectivity index (χ2v) is 2.61. The molecule has 0 saturated heterocycles. The molecule has 0 aromatic carbocycles. The van der Waals surface area contributed by atoms with Crippen molar-refractivity contribution in [2.24, 2.45) is 0 Å². The highest BCUT2D eigenvalue weighted by atomic mass is 14.3. The van der Waals surface area contributed by atoms with Crippen molar-refractivity contribution < 1.29 is 0 Å². The summed E-state index contributed by atoms with van der Waals surface area (Å²) in [6.07, 6.45) is 4.99. The number of rotatable bonds is 4. The van der Waals surface area contributed by atoms with Gasteiger partial charge in [-0.3, -0.25) is 0 Å². The first-order chi connectivity index (χ1) is 7.28. The van der Waals surface area contributed by atoms with E-state index < -0.39 is 0 Å². The van der Waals surface area contributed by atoms with Crippen LogP contribution in [0.3, 0.4) is 0 Å². The third kappa shape index (κ3) is 5.64. The first-order valence-electron chi connectivity index (χ1n) is 4.29. The van der Waals surface area contributed by atoms with Gasteiger partial charge in [-0.2, -0.15) is 21.0 Å². The van der Waals surface area contributed by atoms with Gasteiger partial charge in [-0.15, -0.1) is 0 Å². The fourth-order valence-corrected chi connectivity index (χ4v) is 0.843. The van der Waals surface area contributed by atoms with Crippen molar-refractivity contribution in [3.63, 3.8) is 0 Å². The van der Waals surface area contributed by atoms with Crippen LogP contribution >= 0.6 is 0 Å². The topological polar surface area (TPSA) is 95.2 Å². The number of hydrogen-bond acceptors (Lipinski definition) is 4. The van der Waals surface area contributed by atoms with Gasteiger partial charge in [0.2, 0.25) is 0 Å². The third-order valence-electron chi connectivity index (χ3n) is 1.59. The maximum atomic E-state index is 8.41. The highest BCUT2D eigenvalue weighted by Gasteiger charge is 1.92. The lowest BCUT2D eigenvalue weighted by molar-refractivity contribution is 0.864. The van der Waals surface area contributed by atoms with Crippen molar-refractivity contribution in [3.05, 3.63) is 23.3 Å². The van der Waals surface area contributed by atoms with Gasteiger partial charge in [-0.1, -0.05) is 12.2 Å². The van der Waals surface area contributed by atoms with Crippen LogP contribution in [0.4, 0.5) is 0 Å². The summed E-state index contributed by atoms with van der Waals surface area (Å²) in [4.78, 5) is 0. The van der Waals surface area contributed by atoms with Gasteiger partial charge in [0.15, 0.2) is 0 Å². The van der Waals surface area contributed by atoms with Crippen LogP contribution < -0.4 is 0 Å².